The molecule has 0 amide bonds. The molecule has 0 aliphatic heterocycles. The van der Waals surface area contributed by atoms with Gasteiger partial charge in [0.15, 0.2) is 5.75 Å². The number of rotatable bonds is 7. The van der Waals surface area contributed by atoms with Crippen LogP contribution in [0.2, 0.25) is 0 Å². The number of hydrogen-bond acceptors (Lipinski definition) is 4. The van der Waals surface area contributed by atoms with Crippen LogP contribution in [0, 0.1) is 13.8 Å². The lowest BCUT2D eigenvalue weighted by atomic mass is 10.1. The summed E-state index contributed by atoms with van der Waals surface area (Å²) >= 11 is 0. The van der Waals surface area contributed by atoms with Crippen LogP contribution in [0.1, 0.15) is 37.1 Å². The molecule has 0 bridgehead atoms. The molecule has 0 saturated carbocycles. The van der Waals surface area contributed by atoms with Crippen molar-refractivity contribution in [3.8, 4) is 11.6 Å². The Morgan fingerprint density at radius 3 is 2.81 bits per heavy atom. The van der Waals surface area contributed by atoms with Gasteiger partial charge in [-0.3, -0.25) is 4.68 Å². The van der Waals surface area contributed by atoms with Crippen molar-refractivity contribution < 1.29 is 4.74 Å². The summed E-state index contributed by atoms with van der Waals surface area (Å²) in [5, 5.41) is 7.62. The highest BCUT2D eigenvalue weighted by atomic mass is 16.5. The van der Waals surface area contributed by atoms with Crippen molar-refractivity contribution in [2.24, 2.45) is 0 Å². The first-order valence-corrected chi connectivity index (χ1v) is 7.52. The minimum atomic E-state index is 0.671. The van der Waals surface area contributed by atoms with E-state index in [0.29, 0.717) is 5.88 Å². The van der Waals surface area contributed by atoms with Crippen LogP contribution < -0.4 is 10.1 Å². The average Bonchev–Trinajstić information content (AvgIpc) is 2.85. The highest BCUT2D eigenvalue weighted by Crippen LogP contribution is 2.26. The van der Waals surface area contributed by atoms with E-state index >= 15 is 0 Å². The molecule has 0 unspecified atom stereocenters. The van der Waals surface area contributed by atoms with E-state index in [2.05, 4.69) is 42.2 Å². The Kier molecular flexibility index (Phi) is 5.33. The second-order valence-corrected chi connectivity index (χ2v) is 5.19. The second kappa shape index (κ2) is 7.22. The Hall–Kier alpha value is -1.88. The van der Waals surface area contributed by atoms with Crippen molar-refractivity contribution in [2.45, 2.75) is 47.2 Å². The van der Waals surface area contributed by atoms with Gasteiger partial charge in [-0.2, -0.15) is 5.10 Å². The van der Waals surface area contributed by atoms with Crippen molar-refractivity contribution in [2.75, 3.05) is 6.54 Å². The largest absolute Gasteiger partial charge is 0.435 e. The fourth-order valence-electron chi connectivity index (χ4n) is 2.24. The molecule has 2 rings (SSSR count). The Morgan fingerprint density at radius 1 is 1.29 bits per heavy atom. The quantitative estimate of drug-likeness (QED) is 0.850. The van der Waals surface area contributed by atoms with E-state index in [-0.39, 0.29) is 0 Å². The number of nitrogens with zero attached hydrogens (tertiary/aromatic N) is 3. The van der Waals surface area contributed by atoms with Gasteiger partial charge in [-0.25, -0.2) is 4.98 Å². The third-order valence-electron chi connectivity index (χ3n) is 3.27. The van der Waals surface area contributed by atoms with Gasteiger partial charge in [-0.15, -0.1) is 0 Å². The van der Waals surface area contributed by atoms with Crippen molar-refractivity contribution >= 4 is 0 Å². The normalized spacial score (nSPS) is 10.9. The predicted octanol–water partition coefficient (Wildman–Crippen LogP) is 3.21. The van der Waals surface area contributed by atoms with E-state index in [1.807, 2.05) is 17.8 Å². The number of ether oxygens (including phenoxy) is 1. The summed E-state index contributed by atoms with van der Waals surface area (Å²) in [5.74, 6) is 1.41. The number of hydrogen-bond donors (Lipinski definition) is 1. The van der Waals surface area contributed by atoms with E-state index in [9.17, 15) is 0 Å². The molecule has 5 nitrogen and oxygen atoms in total. The Bertz CT molecular complexity index is 592. The van der Waals surface area contributed by atoms with Crippen LogP contribution >= 0.6 is 0 Å². The van der Waals surface area contributed by atoms with E-state index in [4.69, 9.17) is 4.74 Å². The molecule has 0 aliphatic carbocycles. The molecule has 0 aromatic carbocycles. The fourth-order valence-corrected chi connectivity index (χ4v) is 2.24. The van der Waals surface area contributed by atoms with Gasteiger partial charge in [0.25, 0.3) is 0 Å². The van der Waals surface area contributed by atoms with Crippen LogP contribution in [0.3, 0.4) is 0 Å². The fraction of sp³-hybridized carbons (Fsp3) is 0.500. The highest BCUT2D eigenvalue weighted by molar-refractivity contribution is 5.38. The van der Waals surface area contributed by atoms with Crippen molar-refractivity contribution in [1.82, 2.24) is 20.1 Å². The molecule has 1 N–H and O–H groups in total. The summed E-state index contributed by atoms with van der Waals surface area (Å²) in [7, 11) is 0. The van der Waals surface area contributed by atoms with E-state index in [0.717, 1.165) is 43.1 Å². The molecule has 0 aliphatic rings. The Balaban J connectivity index is 2.24. The zero-order valence-corrected chi connectivity index (χ0v) is 13.3. The number of aryl methyl sites for hydroxylation is 3. The minimum absolute atomic E-state index is 0.671. The first-order chi connectivity index (χ1) is 10.1. The van der Waals surface area contributed by atoms with E-state index < -0.39 is 0 Å². The second-order valence-electron chi connectivity index (χ2n) is 5.19. The first-order valence-electron chi connectivity index (χ1n) is 7.52. The average molecular weight is 288 g/mol. The smallest absolute Gasteiger partial charge is 0.224 e. The molecule has 2 heterocycles. The van der Waals surface area contributed by atoms with Crippen molar-refractivity contribution in [1.29, 1.82) is 0 Å². The molecular weight excluding hydrogens is 264 g/mol. The number of aromatic nitrogens is 3. The molecule has 0 atom stereocenters. The third-order valence-corrected chi connectivity index (χ3v) is 3.27. The summed E-state index contributed by atoms with van der Waals surface area (Å²) in [6.45, 7) is 10.9. The molecule has 0 saturated heterocycles. The van der Waals surface area contributed by atoms with Crippen LogP contribution in [0.4, 0.5) is 0 Å². The van der Waals surface area contributed by atoms with Gasteiger partial charge in [0.2, 0.25) is 5.88 Å². The van der Waals surface area contributed by atoms with E-state index in [1.165, 1.54) is 5.56 Å². The Labute approximate surface area is 126 Å². The summed E-state index contributed by atoms with van der Waals surface area (Å²) in [6.07, 6.45) is 4.71. The molecular formula is C16H24N4O. The molecule has 0 radical (unpaired) electrons. The van der Waals surface area contributed by atoms with Gasteiger partial charge in [0, 0.05) is 24.3 Å². The molecule has 0 fully saturated rings. The van der Waals surface area contributed by atoms with Gasteiger partial charge in [0.05, 0.1) is 12.4 Å². The maximum Gasteiger partial charge on any atom is 0.224 e. The lowest BCUT2D eigenvalue weighted by Gasteiger charge is -2.13. The molecule has 114 valence electrons. The van der Waals surface area contributed by atoms with Crippen LogP contribution in [-0.2, 0) is 13.1 Å². The SMILES string of the molecule is CCCn1cc(Oc2nc(C)cc(C)c2CNCC)cn1. The molecule has 5 heteroatoms. The first kappa shape index (κ1) is 15.5. The zero-order valence-electron chi connectivity index (χ0n) is 13.3. The van der Waals surface area contributed by atoms with Crippen LogP contribution in [0.5, 0.6) is 11.6 Å². The summed E-state index contributed by atoms with van der Waals surface area (Å²) in [6, 6.07) is 2.08. The molecule has 0 spiro atoms. The molecule has 21 heavy (non-hydrogen) atoms. The lowest BCUT2D eigenvalue weighted by Crippen LogP contribution is -2.14. The van der Waals surface area contributed by atoms with Crippen LogP contribution in [-0.4, -0.2) is 21.3 Å². The summed E-state index contributed by atoms with van der Waals surface area (Å²) in [5.41, 5.74) is 3.26. The molecule has 2 aromatic heterocycles. The van der Waals surface area contributed by atoms with Gasteiger partial charge in [-0.1, -0.05) is 13.8 Å². The van der Waals surface area contributed by atoms with Crippen molar-refractivity contribution in [3.63, 3.8) is 0 Å². The van der Waals surface area contributed by atoms with Crippen LogP contribution in [0.25, 0.3) is 0 Å². The van der Waals surface area contributed by atoms with Gasteiger partial charge >= 0.3 is 0 Å². The lowest BCUT2D eigenvalue weighted by molar-refractivity contribution is 0.450. The van der Waals surface area contributed by atoms with Gasteiger partial charge < -0.3 is 10.1 Å². The minimum Gasteiger partial charge on any atom is -0.435 e. The van der Waals surface area contributed by atoms with Gasteiger partial charge in [0.1, 0.15) is 0 Å². The predicted molar refractivity (Wildman–Crippen MR) is 83.7 cm³/mol. The van der Waals surface area contributed by atoms with Gasteiger partial charge in [-0.05, 0) is 38.4 Å². The highest BCUT2D eigenvalue weighted by Gasteiger charge is 2.12. The summed E-state index contributed by atoms with van der Waals surface area (Å²) < 4.78 is 7.85. The van der Waals surface area contributed by atoms with E-state index in [1.54, 1.807) is 6.20 Å². The zero-order chi connectivity index (χ0) is 15.2. The molecule has 2 aromatic rings. The third kappa shape index (κ3) is 4.04. The standard InChI is InChI=1S/C16H24N4O/c1-5-7-20-11-14(9-18-20)21-16-15(10-17-6-2)12(3)8-13(4)19-16/h8-9,11,17H,5-7,10H2,1-4H3. The summed E-state index contributed by atoms with van der Waals surface area (Å²) in [4.78, 5) is 4.54. The van der Waals surface area contributed by atoms with Crippen molar-refractivity contribution in [3.05, 3.63) is 35.3 Å². The number of nitrogens with one attached hydrogen (secondary N) is 1. The Morgan fingerprint density at radius 2 is 2.10 bits per heavy atom. The van der Waals surface area contributed by atoms with Crippen LogP contribution in [0.15, 0.2) is 18.5 Å². The maximum atomic E-state index is 5.96. The maximum absolute atomic E-state index is 5.96. The monoisotopic (exact) mass is 288 g/mol. The topological polar surface area (TPSA) is 52.0 Å². The number of pyridine rings is 1.